The summed E-state index contributed by atoms with van der Waals surface area (Å²) < 4.78 is 11.5. The molecular formula is C21H17N3O3S. The first-order chi connectivity index (χ1) is 13.7. The molecule has 3 aromatic heterocycles. The maximum absolute atomic E-state index is 12.6. The van der Waals surface area contributed by atoms with Crippen molar-refractivity contribution < 1.29 is 13.9 Å². The quantitative estimate of drug-likeness (QED) is 0.496. The van der Waals surface area contributed by atoms with Crippen molar-refractivity contribution >= 4 is 22.9 Å². The van der Waals surface area contributed by atoms with Crippen LogP contribution in [0.25, 0.3) is 10.8 Å². The zero-order valence-corrected chi connectivity index (χ0v) is 15.9. The number of aryl methyl sites for hydroxylation is 1. The number of hydrogen-bond donors (Lipinski definition) is 1. The van der Waals surface area contributed by atoms with Crippen LogP contribution in [0.3, 0.4) is 0 Å². The molecular weight excluding hydrogens is 374 g/mol. The van der Waals surface area contributed by atoms with Gasteiger partial charge in [-0.25, -0.2) is 9.97 Å². The summed E-state index contributed by atoms with van der Waals surface area (Å²) in [5.41, 5.74) is 1.10. The Morgan fingerprint density at radius 1 is 1.14 bits per heavy atom. The van der Waals surface area contributed by atoms with Gasteiger partial charge in [-0.1, -0.05) is 24.3 Å². The Bertz CT molecular complexity index is 1080. The Hall–Kier alpha value is -3.45. The number of hydrogen-bond acceptors (Lipinski definition) is 6. The molecule has 0 radical (unpaired) electrons. The van der Waals surface area contributed by atoms with Gasteiger partial charge in [0.05, 0.1) is 17.0 Å². The summed E-state index contributed by atoms with van der Waals surface area (Å²) in [6, 6.07) is 16.6. The van der Waals surface area contributed by atoms with E-state index in [1.54, 1.807) is 36.6 Å². The number of aromatic nitrogens is 2. The SMILES string of the molecule is Cc1oc(-c2cccs2)nc1CC(=O)Nc1cccnc1Oc1ccccc1. The zero-order chi connectivity index (χ0) is 19.3. The molecule has 0 atom stereocenters. The van der Waals surface area contributed by atoms with Crippen LogP contribution in [0, 0.1) is 6.92 Å². The normalized spacial score (nSPS) is 10.6. The number of carbonyl (C=O) groups is 1. The van der Waals surface area contributed by atoms with Gasteiger partial charge < -0.3 is 14.5 Å². The molecule has 4 rings (SSSR count). The van der Waals surface area contributed by atoms with Gasteiger partial charge in [-0.15, -0.1) is 11.3 Å². The molecule has 0 spiro atoms. The van der Waals surface area contributed by atoms with Crippen molar-refractivity contribution in [1.29, 1.82) is 0 Å². The third kappa shape index (κ3) is 4.10. The van der Waals surface area contributed by atoms with Gasteiger partial charge in [0.1, 0.15) is 17.2 Å². The van der Waals surface area contributed by atoms with Crippen molar-refractivity contribution in [3.05, 3.63) is 77.6 Å². The van der Waals surface area contributed by atoms with Gasteiger partial charge in [0, 0.05) is 6.20 Å². The molecule has 1 N–H and O–H groups in total. The molecule has 0 aliphatic rings. The molecule has 0 unspecified atom stereocenters. The van der Waals surface area contributed by atoms with Gasteiger partial charge in [-0.05, 0) is 42.6 Å². The Kier molecular flexibility index (Phi) is 5.16. The summed E-state index contributed by atoms with van der Waals surface area (Å²) in [5, 5.41) is 4.80. The molecule has 0 bridgehead atoms. The lowest BCUT2D eigenvalue weighted by molar-refractivity contribution is -0.115. The number of para-hydroxylation sites is 1. The molecule has 0 fully saturated rings. The van der Waals surface area contributed by atoms with Crippen molar-refractivity contribution in [2.45, 2.75) is 13.3 Å². The van der Waals surface area contributed by atoms with Gasteiger partial charge in [-0.2, -0.15) is 0 Å². The maximum Gasteiger partial charge on any atom is 0.243 e. The van der Waals surface area contributed by atoms with E-state index in [0.717, 1.165) is 4.88 Å². The molecule has 7 heteroatoms. The van der Waals surface area contributed by atoms with Crippen LogP contribution < -0.4 is 10.1 Å². The lowest BCUT2D eigenvalue weighted by atomic mass is 10.2. The Labute approximate surface area is 165 Å². The first-order valence-corrected chi connectivity index (χ1v) is 9.55. The van der Waals surface area contributed by atoms with Gasteiger partial charge in [0.15, 0.2) is 0 Å². The van der Waals surface area contributed by atoms with Crippen LogP contribution in [0.5, 0.6) is 11.6 Å². The second kappa shape index (κ2) is 8.06. The molecule has 3 heterocycles. The number of nitrogens with one attached hydrogen (secondary N) is 1. The standard InChI is InChI=1S/C21H17N3O3S/c1-14-17(24-21(26-14)18-10-6-12-28-18)13-19(25)23-16-9-5-11-22-20(16)27-15-7-3-2-4-8-15/h2-12H,13H2,1H3,(H,23,25). The molecule has 0 saturated heterocycles. The monoisotopic (exact) mass is 391 g/mol. The minimum atomic E-state index is -0.222. The number of rotatable bonds is 6. The highest BCUT2D eigenvalue weighted by Crippen LogP contribution is 2.28. The average molecular weight is 391 g/mol. The summed E-state index contributed by atoms with van der Waals surface area (Å²) in [7, 11) is 0. The summed E-state index contributed by atoms with van der Waals surface area (Å²) in [4.78, 5) is 22.2. The van der Waals surface area contributed by atoms with Crippen LogP contribution in [0.1, 0.15) is 11.5 Å². The lowest BCUT2D eigenvalue weighted by Gasteiger charge is -2.10. The lowest BCUT2D eigenvalue weighted by Crippen LogP contribution is -2.16. The van der Waals surface area contributed by atoms with E-state index in [0.29, 0.717) is 34.7 Å². The van der Waals surface area contributed by atoms with Crippen molar-refractivity contribution in [3.63, 3.8) is 0 Å². The van der Waals surface area contributed by atoms with Crippen LogP contribution in [0.2, 0.25) is 0 Å². The van der Waals surface area contributed by atoms with Gasteiger partial charge in [0.2, 0.25) is 17.7 Å². The average Bonchev–Trinajstić information content (AvgIpc) is 3.35. The number of carbonyl (C=O) groups excluding carboxylic acids is 1. The van der Waals surface area contributed by atoms with E-state index >= 15 is 0 Å². The highest BCUT2D eigenvalue weighted by molar-refractivity contribution is 7.13. The third-order valence-electron chi connectivity index (χ3n) is 3.96. The van der Waals surface area contributed by atoms with E-state index in [2.05, 4.69) is 15.3 Å². The van der Waals surface area contributed by atoms with Crippen LogP contribution in [-0.4, -0.2) is 15.9 Å². The van der Waals surface area contributed by atoms with E-state index in [1.165, 1.54) is 0 Å². The van der Waals surface area contributed by atoms with Crippen LogP contribution in [-0.2, 0) is 11.2 Å². The molecule has 1 amide bonds. The van der Waals surface area contributed by atoms with Crippen LogP contribution in [0.15, 0.2) is 70.6 Å². The fourth-order valence-corrected chi connectivity index (χ4v) is 3.26. The van der Waals surface area contributed by atoms with Gasteiger partial charge in [0.25, 0.3) is 0 Å². The van der Waals surface area contributed by atoms with Crippen LogP contribution in [0.4, 0.5) is 5.69 Å². The number of thiophene rings is 1. The predicted molar refractivity (Wildman–Crippen MR) is 108 cm³/mol. The number of nitrogens with zero attached hydrogens (tertiary/aromatic N) is 2. The molecule has 0 aliphatic carbocycles. The fraction of sp³-hybridized carbons (Fsp3) is 0.0952. The van der Waals surface area contributed by atoms with Crippen LogP contribution >= 0.6 is 11.3 Å². The third-order valence-corrected chi connectivity index (χ3v) is 4.81. The first-order valence-electron chi connectivity index (χ1n) is 8.67. The van der Waals surface area contributed by atoms with Crippen molar-refractivity contribution in [2.75, 3.05) is 5.32 Å². The number of oxazole rings is 1. The van der Waals surface area contributed by atoms with Crippen molar-refractivity contribution in [2.24, 2.45) is 0 Å². The molecule has 1 aromatic carbocycles. The minimum Gasteiger partial charge on any atom is -0.440 e. The van der Waals surface area contributed by atoms with E-state index in [1.807, 2.05) is 47.8 Å². The van der Waals surface area contributed by atoms with Crippen molar-refractivity contribution in [3.8, 4) is 22.4 Å². The minimum absolute atomic E-state index is 0.0976. The molecule has 0 aliphatic heterocycles. The number of ether oxygens (including phenoxy) is 1. The number of anilines is 1. The maximum atomic E-state index is 12.6. The first kappa shape index (κ1) is 17.9. The summed E-state index contributed by atoms with van der Waals surface area (Å²) in [5.74, 6) is 1.91. The summed E-state index contributed by atoms with van der Waals surface area (Å²) >= 11 is 1.54. The molecule has 0 saturated carbocycles. The highest BCUT2D eigenvalue weighted by Gasteiger charge is 2.17. The van der Waals surface area contributed by atoms with E-state index in [-0.39, 0.29) is 12.3 Å². The second-order valence-corrected chi connectivity index (χ2v) is 6.94. The van der Waals surface area contributed by atoms with E-state index in [9.17, 15) is 4.79 Å². The summed E-state index contributed by atoms with van der Waals surface area (Å²) in [6.45, 7) is 1.81. The Morgan fingerprint density at radius 2 is 2.00 bits per heavy atom. The number of pyridine rings is 1. The summed E-state index contributed by atoms with van der Waals surface area (Å²) in [6.07, 6.45) is 1.71. The smallest absolute Gasteiger partial charge is 0.243 e. The largest absolute Gasteiger partial charge is 0.440 e. The molecule has 6 nitrogen and oxygen atoms in total. The van der Waals surface area contributed by atoms with E-state index < -0.39 is 0 Å². The van der Waals surface area contributed by atoms with Gasteiger partial charge in [-0.3, -0.25) is 4.79 Å². The zero-order valence-electron chi connectivity index (χ0n) is 15.1. The number of amides is 1. The molecule has 4 aromatic rings. The second-order valence-electron chi connectivity index (χ2n) is 6.00. The fourth-order valence-electron chi connectivity index (χ4n) is 2.61. The predicted octanol–water partition coefficient (Wildman–Crippen LogP) is 5.08. The highest BCUT2D eigenvalue weighted by atomic mass is 32.1. The topological polar surface area (TPSA) is 77.3 Å². The Morgan fingerprint density at radius 3 is 2.79 bits per heavy atom. The Balaban J connectivity index is 1.47. The van der Waals surface area contributed by atoms with Gasteiger partial charge >= 0.3 is 0 Å². The number of benzene rings is 1. The molecule has 28 heavy (non-hydrogen) atoms. The van der Waals surface area contributed by atoms with Crippen molar-refractivity contribution in [1.82, 2.24) is 9.97 Å². The van der Waals surface area contributed by atoms with E-state index in [4.69, 9.17) is 9.15 Å². The molecule has 140 valence electrons.